The second kappa shape index (κ2) is 31.5. The summed E-state index contributed by atoms with van der Waals surface area (Å²) in [5.74, 6) is 4.75. The van der Waals surface area contributed by atoms with E-state index in [0.717, 1.165) is 51.4 Å². The van der Waals surface area contributed by atoms with Crippen LogP contribution in [0.25, 0.3) is 100 Å². The summed E-state index contributed by atoms with van der Waals surface area (Å²) in [7, 11) is 0. The Hall–Kier alpha value is -7.80. The molecule has 0 nitrogen and oxygen atoms in total. The molecule has 5 aliphatic rings. The minimum absolute atomic E-state index is 0.00486. The molecule has 578 valence electrons. The van der Waals surface area contributed by atoms with Crippen molar-refractivity contribution in [2.75, 3.05) is 0 Å². The largest absolute Gasteiger partial charge is 0.0653 e. The maximum atomic E-state index is 2.71. The van der Waals surface area contributed by atoms with E-state index in [1.165, 1.54) is 188 Å². The van der Waals surface area contributed by atoms with Gasteiger partial charge in [0.1, 0.15) is 0 Å². The summed E-state index contributed by atoms with van der Waals surface area (Å²) in [5.41, 5.74) is 40.5. The Kier molecular flexibility index (Phi) is 22.3. The van der Waals surface area contributed by atoms with Gasteiger partial charge in [0.15, 0.2) is 0 Å². The van der Waals surface area contributed by atoms with Crippen LogP contribution in [0.2, 0.25) is 0 Å². The lowest BCUT2D eigenvalue weighted by Crippen LogP contribution is -2.30. The van der Waals surface area contributed by atoms with Crippen LogP contribution in [0.3, 0.4) is 0 Å². The van der Waals surface area contributed by atoms with Crippen LogP contribution in [-0.4, -0.2) is 0 Å². The number of rotatable bonds is 32. The average molecular weight is 1470 g/mol. The van der Waals surface area contributed by atoms with Gasteiger partial charge in [-0.3, -0.25) is 0 Å². The van der Waals surface area contributed by atoms with E-state index in [0.29, 0.717) is 47.3 Å². The third-order valence-electron chi connectivity index (χ3n) is 30.5. The van der Waals surface area contributed by atoms with E-state index < -0.39 is 0 Å². The molecule has 0 saturated heterocycles. The normalized spacial score (nSPS) is 21.2. The molecule has 0 heteroatoms. The number of benzene rings is 10. The van der Waals surface area contributed by atoms with Gasteiger partial charge in [-0.15, -0.1) is 0 Å². The van der Waals surface area contributed by atoms with Crippen LogP contribution < -0.4 is 0 Å². The molecule has 0 heterocycles. The predicted molar refractivity (Wildman–Crippen MR) is 482 cm³/mol. The molecule has 0 bridgehead atoms. The zero-order valence-corrected chi connectivity index (χ0v) is 71.7. The first-order valence-corrected chi connectivity index (χ1v) is 45.1. The van der Waals surface area contributed by atoms with Crippen LogP contribution in [0.15, 0.2) is 194 Å². The van der Waals surface area contributed by atoms with Gasteiger partial charge in [0.05, 0.1) is 0 Å². The van der Waals surface area contributed by atoms with Crippen LogP contribution in [0, 0.1) is 47.3 Å². The van der Waals surface area contributed by atoms with E-state index in [4.69, 9.17) is 0 Å². The van der Waals surface area contributed by atoms with Gasteiger partial charge in [0.25, 0.3) is 0 Å². The molecule has 0 aliphatic heterocycles. The van der Waals surface area contributed by atoms with Gasteiger partial charge >= 0.3 is 0 Å². The summed E-state index contributed by atoms with van der Waals surface area (Å²) in [5, 5.41) is 0. The molecular weight excluding hydrogens is 1330 g/mol. The van der Waals surface area contributed by atoms with E-state index in [9.17, 15) is 0 Å². The third-order valence-corrected chi connectivity index (χ3v) is 30.5. The SMILES string of the molecule is CCCC1(CCC)c2cc(-c3ccc4c(c3)C(CC(C)CC)(CC(C)CC)c3cc(-c5ccc6c(c5)C(CC(C)CC)(CC(C)CC)c5ccccc5-6)ccc3-4)ccc2-c2ccc(-c3ccc4c(c3)C(CC(C)CC)(CC(C)CC)c3cc(-c5ccc6c(c5)C(CC(C)CC)(CC(C)CC)c5ccccc5-6)ccc3-4)cc21. The molecular formula is C111H134. The first-order chi connectivity index (χ1) is 53.7. The van der Waals surface area contributed by atoms with Crippen molar-refractivity contribution < 1.29 is 0 Å². The highest BCUT2D eigenvalue weighted by atomic mass is 14.5. The highest BCUT2D eigenvalue weighted by Gasteiger charge is 2.51. The maximum Gasteiger partial charge on any atom is 0.0220 e. The van der Waals surface area contributed by atoms with Crippen molar-refractivity contribution in [3.05, 3.63) is 250 Å². The van der Waals surface area contributed by atoms with Gasteiger partial charge < -0.3 is 0 Å². The molecule has 0 N–H and O–H groups in total. The van der Waals surface area contributed by atoms with Gasteiger partial charge in [-0.1, -0.05) is 334 Å². The van der Waals surface area contributed by atoms with Gasteiger partial charge in [-0.05, 0) is 316 Å². The molecule has 15 rings (SSSR count). The van der Waals surface area contributed by atoms with Crippen molar-refractivity contribution in [3.63, 3.8) is 0 Å². The molecule has 8 unspecified atom stereocenters. The van der Waals surface area contributed by atoms with E-state index in [-0.39, 0.29) is 27.1 Å². The summed E-state index contributed by atoms with van der Waals surface area (Å²) >= 11 is 0. The summed E-state index contributed by atoms with van der Waals surface area (Å²) in [6.07, 6.45) is 23.3. The minimum atomic E-state index is -0.126. The Morgan fingerprint density at radius 3 is 0.505 bits per heavy atom. The van der Waals surface area contributed by atoms with Crippen LogP contribution in [0.1, 0.15) is 309 Å². The Morgan fingerprint density at radius 2 is 0.333 bits per heavy atom. The maximum absolute atomic E-state index is 2.71. The molecule has 5 aliphatic carbocycles. The standard InChI is InChI=1S/C111H134/c1-19-53-107(54-20-2)99-55-79(83-41-49-93-95-51-43-85(61-105(95)110(103(93)59-83,67-75(15)25-7)68-76(16)26-8)81-37-45-89-87-33-29-31-35-97(87)108(101(89)57-81,63-71(11)21-3)64-72(12)22-4)39-47-91(99)92-48-40-80(56-100(92)107)84-42-50-94-96-52-44-86(62-106(96)111(104(94)60-84,69-77(17)27-9)70-78(18)28-10)82-38-46-90-88-34-30-32-36-98(88)109(102(90)58-82,65-73(13)23-5)66-74(14)24-6/h29-52,55-62,71-78H,19-28,53-54,63-70H2,1-18H3. The molecule has 0 radical (unpaired) electrons. The second-order valence-corrected chi connectivity index (χ2v) is 37.8. The van der Waals surface area contributed by atoms with E-state index in [1.54, 1.807) is 44.5 Å². The number of hydrogen-bond acceptors (Lipinski definition) is 0. The Morgan fingerprint density at radius 1 is 0.180 bits per heavy atom. The van der Waals surface area contributed by atoms with Crippen molar-refractivity contribution in [3.8, 4) is 100 Å². The van der Waals surface area contributed by atoms with Crippen molar-refractivity contribution in [1.29, 1.82) is 0 Å². The first kappa shape index (κ1) is 78.5. The highest BCUT2D eigenvalue weighted by molar-refractivity contribution is 5.93. The number of fused-ring (bicyclic) bond motifs is 15. The zero-order chi connectivity index (χ0) is 78.1. The molecule has 0 spiro atoms. The van der Waals surface area contributed by atoms with Crippen molar-refractivity contribution >= 4 is 0 Å². The molecule has 0 fully saturated rings. The average Bonchev–Trinajstić information content (AvgIpc) is 1.57. The van der Waals surface area contributed by atoms with Crippen molar-refractivity contribution in [2.24, 2.45) is 47.3 Å². The zero-order valence-electron chi connectivity index (χ0n) is 71.7. The van der Waals surface area contributed by atoms with Gasteiger partial charge in [0.2, 0.25) is 0 Å². The van der Waals surface area contributed by atoms with Crippen LogP contribution in [0.5, 0.6) is 0 Å². The van der Waals surface area contributed by atoms with Gasteiger partial charge in [-0.2, -0.15) is 0 Å². The van der Waals surface area contributed by atoms with Crippen LogP contribution in [-0.2, 0) is 27.1 Å². The summed E-state index contributed by atoms with van der Waals surface area (Å²) in [6, 6.07) is 80.8. The van der Waals surface area contributed by atoms with E-state index >= 15 is 0 Å². The van der Waals surface area contributed by atoms with Crippen molar-refractivity contribution in [1.82, 2.24) is 0 Å². The summed E-state index contributed by atoms with van der Waals surface area (Å²) in [6.45, 7) is 44.3. The third kappa shape index (κ3) is 13.3. The first-order valence-electron chi connectivity index (χ1n) is 45.1. The summed E-state index contributed by atoms with van der Waals surface area (Å²) in [4.78, 5) is 0. The lowest BCUT2D eigenvalue weighted by atomic mass is 9.66. The Bertz CT molecular complexity index is 4690. The van der Waals surface area contributed by atoms with E-state index in [2.05, 4.69) is 319 Å². The molecule has 0 amide bonds. The second-order valence-electron chi connectivity index (χ2n) is 37.8. The number of hydrogen-bond donors (Lipinski definition) is 0. The van der Waals surface area contributed by atoms with Gasteiger partial charge in [0, 0.05) is 27.1 Å². The van der Waals surface area contributed by atoms with Crippen LogP contribution >= 0.6 is 0 Å². The van der Waals surface area contributed by atoms with E-state index in [1.807, 2.05) is 0 Å². The highest BCUT2D eigenvalue weighted by Crippen LogP contribution is 2.64. The Labute approximate surface area is 673 Å². The van der Waals surface area contributed by atoms with Crippen molar-refractivity contribution in [2.45, 2.75) is 280 Å². The quantitative estimate of drug-likeness (QED) is 0.0394. The fraction of sp³-hybridized carbons (Fsp3) is 0.459. The summed E-state index contributed by atoms with van der Waals surface area (Å²) < 4.78 is 0. The molecule has 10 aromatic rings. The predicted octanol–water partition coefficient (Wildman–Crippen LogP) is 32.8. The molecule has 0 saturated carbocycles. The van der Waals surface area contributed by atoms with Crippen LogP contribution in [0.4, 0.5) is 0 Å². The molecule has 0 aromatic heterocycles. The fourth-order valence-electron chi connectivity index (χ4n) is 23.4. The minimum Gasteiger partial charge on any atom is -0.0653 e. The molecule has 10 aromatic carbocycles. The molecule has 8 atom stereocenters. The van der Waals surface area contributed by atoms with Gasteiger partial charge in [-0.25, -0.2) is 0 Å². The fourth-order valence-corrected chi connectivity index (χ4v) is 23.4. The monoisotopic (exact) mass is 1470 g/mol. The lowest BCUT2D eigenvalue weighted by molar-refractivity contribution is 0.308. The molecule has 111 heavy (non-hydrogen) atoms. The lowest BCUT2D eigenvalue weighted by Gasteiger charge is -2.37. The topological polar surface area (TPSA) is 0 Å². The Balaban J connectivity index is 0.807. The smallest absolute Gasteiger partial charge is 0.0220 e.